The van der Waals surface area contributed by atoms with Gasteiger partial charge < -0.3 is 9.88 Å². The third-order valence-corrected chi connectivity index (χ3v) is 3.60. The maximum absolute atomic E-state index is 12.7. The van der Waals surface area contributed by atoms with Crippen LogP contribution in [0.1, 0.15) is 16.8 Å². The van der Waals surface area contributed by atoms with Crippen molar-refractivity contribution in [1.82, 2.24) is 9.88 Å². The fraction of sp³-hybridized carbons (Fsp3) is 0.385. The number of hydrogen-bond acceptors (Lipinski definition) is 1. The van der Waals surface area contributed by atoms with Crippen molar-refractivity contribution in [3.63, 3.8) is 0 Å². The number of aryl methyl sites for hydroxylation is 1. The Balaban J connectivity index is 2.28. The Morgan fingerprint density at radius 2 is 2.06 bits per heavy atom. The van der Waals surface area contributed by atoms with Gasteiger partial charge in [-0.2, -0.15) is 13.2 Å². The third kappa shape index (κ3) is 1.61. The van der Waals surface area contributed by atoms with Crippen LogP contribution in [-0.2, 0) is 26.2 Å². The first-order chi connectivity index (χ1) is 8.48. The minimum absolute atomic E-state index is 0.575. The maximum Gasteiger partial charge on any atom is 0.416 e. The van der Waals surface area contributed by atoms with Crippen LogP contribution in [-0.4, -0.2) is 11.1 Å². The number of aromatic nitrogens is 1. The van der Waals surface area contributed by atoms with Gasteiger partial charge in [-0.1, -0.05) is 0 Å². The fourth-order valence-electron chi connectivity index (χ4n) is 2.69. The van der Waals surface area contributed by atoms with Crippen LogP contribution in [0.25, 0.3) is 10.9 Å². The van der Waals surface area contributed by atoms with Crippen LogP contribution in [0.2, 0.25) is 0 Å². The number of rotatable bonds is 0. The number of nitrogens with one attached hydrogen (secondary N) is 1. The van der Waals surface area contributed by atoms with Gasteiger partial charge in [-0.05, 0) is 23.8 Å². The van der Waals surface area contributed by atoms with E-state index in [9.17, 15) is 13.2 Å². The van der Waals surface area contributed by atoms with Crippen molar-refractivity contribution >= 4 is 10.9 Å². The van der Waals surface area contributed by atoms with Crippen LogP contribution in [0, 0.1) is 0 Å². The molecule has 0 bridgehead atoms. The highest BCUT2D eigenvalue weighted by atomic mass is 19.4. The highest BCUT2D eigenvalue weighted by molar-refractivity contribution is 5.86. The molecule has 18 heavy (non-hydrogen) atoms. The van der Waals surface area contributed by atoms with Gasteiger partial charge in [0.25, 0.3) is 0 Å². The predicted molar refractivity (Wildman–Crippen MR) is 63.3 cm³/mol. The molecule has 1 aliphatic rings. The lowest BCUT2D eigenvalue weighted by Crippen LogP contribution is -2.24. The summed E-state index contributed by atoms with van der Waals surface area (Å²) in [4.78, 5) is 0. The van der Waals surface area contributed by atoms with Gasteiger partial charge in [-0.25, -0.2) is 0 Å². The van der Waals surface area contributed by atoms with Crippen molar-refractivity contribution in [2.75, 3.05) is 6.54 Å². The van der Waals surface area contributed by atoms with Gasteiger partial charge in [0.1, 0.15) is 0 Å². The van der Waals surface area contributed by atoms with Gasteiger partial charge in [0.05, 0.1) is 5.56 Å². The van der Waals surface area contributed by atoms with Crippen molar-refractivity contribution in [2.24, 2.45) is 7.05 Å². The van der Waals surface area contributed by atoms with E-state index >= 15 is 0 Å². The van der Waals surface area contributed by atoms with E-state index < -0.39 is 11.7 Å². The van der Waals surface area contributed by atoms with E-state index in [0.717, 1.165) is 41.2 Å². The summed E-state index contributed by atoms with van der Waals surface area (Å²) in [6.45, 7) is 1.53. The molecule has 0 unspecified atom stereocenters. The summed E-state index contributed by atoms with van der Waals surface area (Å²) in [5.41, 5.74) is 2.44. The van der Waals surface area contributed by atoms with Crippen molar-refractivity contribution in [1.29, 1.82) is 0 Å². The molecule has 96 valence electrons. The molecule has 1 N–H and O–H groups in total. The summed E-state index contributed by atoms with van der Waals surface area (Å²) in [5, 5.41) is 3.93. The minimum Gasteiger partial charge on any atom is -0.347 e. The van der Waals surface area contributed by atoms with Crippen molar-refractivity contribution in [3.8, 4) is 0 Å². The summed E-state index contributed by atoms with van der Waals surface area (Å²) < 4.78 is 40.2. The Hall–Kier alpha value is -1.49. The van der Waals surface area contributed by atoms with E-state index in [1.165, 1.54) is 6.07 Å². The van der Waals surface area contributed by atoms with Crippen LogP contribution in [0.5, 0.6) is 0 Å². The first kappa shape index (κ1) is 11.6. The second kappa shape index (κ2) is 3.75. The van der Waals surface area contributed by atoms with Crippen molar-refractivity contribution in [3.05, 3.63) is 35.0 Å². The number of halogens is 3. The number of fused-ring (bicyclic) bond motifs is 3. The Kier molecular flexibility index (Phi) is 2.41. The lowest BCUT2D eigenvalue weighted by atomic mass is 10.0. The number of alkyl halides is 3. The molecule has 0 fully saturated rings. The number of hydrogen-bond donors (Lipinski definition) is 1. The summed E-state index contributed by atoms with van der Waals surface area (Å²) in [5.74, 6) is 0. The van der Waals surface area contributed by atoms with Crippen LogP contribution < -0.4 is 5.32 Å². The summed E-state index contributed by atoms with van der Waals surface area (Å²) in [7, 11) is 1.92. The smallest absolute Gasteiger partial charge is 0.347 e. The first-order valence-electron chi connectivity index (χ1n) is 5.86. The molecule has 0 saturated carbocycles. The monoisotopic (exact) mass is 254 g/mol. The normalized spacial score (nSPS) is 16.0. The highest BCUT2D eigenvalue weighted by Gasteiger charge is 2.31. The molecule has 3 rings (SSSR count). The SMILES string of the molecule is Cn1c2c(c3cc(C(F)(F)F)ccc31)CNCC2. The molecule has 1 aliphatic heterocycles. The molecule has 0 radical (unpaired) electrons. The minimum atomic E-state index is -4.28. The highest BCUT2D eigenvalue weighted by Crippen LogP contribution is 2.34. The molecule has 0 aliphatic carbocycles. The standard InChI is InChI=1S/C13H13F3N2/c1-18-11-3-2-8(13(14,15)16)6-9(11)10-7-17-5-4-12(10)18/h2-3,6,17H,4-5,7H2,1H3. The largest absolute Gasteiger partial charge is 0.416 e. The lowest BCUT2D eigenvalue weighted by Gasteiger charge is -2.14. The molecule has 1 aromatic carbocycles. The van der Waals surface area contributed by atoms with E-state index in [1.54, 1.807) is 6.07 Å². The first-order valence-corrected chi connectivity index (χ1v) is 5.86. The van der Waals surface area contributed by atoms with E-state index in [4.69, 9.17) is 0 Å². The van der Waals surface area contributed by atoms with E-state index in [2.05, 4.69) is 5.32 Å². The molecular weight excluding hydrogens is 241 g/mol. The van der Waals surface area contributed by atoms with Crippen LogP contribution in [0.3, 0.4) is 0 Å². The van der Waals surface area contributed by atoms with Gasteiger partial charge in [-0.3, -0.25) is 0 Å². The number of benzene rings is 1. The Morgan fingerprint density at radius 1 is 1.28 bits per heavy atom. The van der Waals surface area contributed by atoms with E-state index in [1.807, 2.05) is 11.6 Å². The molecule has 5 heteroatoms. The second-order valence-electron chi connectivity index (χ2n) is 4.64. The molecule has 1 aromatic heterocycles. The Morgan fingerprint density at radius 3 is 2.78 bits per heavy atom. The van der Waals surface area contributed by atoms with Crippen LogP contribution in [0.15, 0.2) is 18.2 Å². The molecule has 2 aromatic rings. The lowest BCUT2D eigenvalue weighted by molar-refractivity contribution is -0.137. The Labute approximate surface area is 102 Å². The van der Waals surface area contributed by atoms with Crippen molar-refractivity contribution in [2.45, 2.75) is 19.1 Å². The molecule has 0 spiro atoms. The van der Waals surface area contributed by atoms with Crippen LogP contribution in [0.4, 0.5) is 13.2 Å². The summed E-state index contributed by atoms with van der Waals surface area (Å²) in [6, 6.07) is 3.98. The predicted octanol–water partition coefficient (Wildman–Crippen LogP) is 2.84. The zero-order valence-electron chi connectivity index (χ0n) is 9.93. The second-order valence-corrected chi connectivity index (χ2v) is 4.64. The molecule has 0 amide bonds. The fourth-order valence-corrected chi connectivity index (χ4v) is 2.69. The van der Waals surface area contributed by atoms with Gasteiger partial charge in [0, 0.05) is 43.2 Å². The Bertz CT molecular complexity index is 611. The molecule has 2 nitrogen and oxygen atoms in total. The topological polar surface area (TPSA) is 17.0 Å². The zero-order valence-corrected chi connectivity index (χ0v) is 9.93. The average Bonchev–Trinajstić information content (AvgIpc) is 2.63. The summed E-state index contributed by atoms with van der Waals surface area (Å²) in [6.07, 6.45) is -3.42. The molecule has 0 saturated heterocycles. The molecule has 0 atom stereocenters. The van der Waals surface area contributed by atoms with E-state index in [-0.39, 0.29) is 0 Å². The van der Waals surface area contributed by atoms with Gasteiger partial charge in [0.2, 0.25) is 0 Å². The van der Waals surface area contributed by atoms with Gasteiger partial charge in [-0.15, -0.1) is 0 Å². The van der Waals surface area contributed by atoms with E-state index in [0.29, 0.717) is 6.54 Å². The maximum atomic E-state index is 12.7. The molecular formula is C13H13F3N2. The zero-order chi connectivity index (χ0) is 12.9. The van der Waals surface area contributed by atoms with Gasteiger partial charge >= 0.3 is 6.18 Å². The number of nitrogens with zero attached hydrogens (tertiary/aromatic N) is 1. The quantitative estimate of drug-likeness (QED) is 0.765. The van der Waals surface area contributed by atoms with Gasteiger partial charge in [0.15, 0.2) is 0 Å². The average molecular weight is 254 g/mol. The summed E-state index contributed by atoms with van der Waals surface area (Å²) >= 11 is 0. The molecule has 2 heterocycles. The third-order valence-electron chi connectivity index (χ3n) is 3.60. The van der Waals surface area contributed by atoms with Crippen molar-refractivity contribution < 1.29 is 13.2 Å². The van der Waals surface area contributed by atoms with Crippen LogP contribution >= 0.6 is 0 Å².